The van der Waals surface area contributed by atoms with Gasteiger partial charge in [0, 0.05) is 49.4 Å². The molecule has 29 heavy (non-hydrogen) atoms. The van der Waals surface area contributed by atoms with Crippen molar-refractivity contribution in [2.45, 2.75) is 31.2 Å². The van der Waals surface area contributed by atoms with Gasteiger partial charge in [-0.2, -0.15) is 0 Å². The van der Waals surface area contributed by atoms with Gasteiger partial charge in [-0.25, -0.2) is 0 Å². The normalized spacial score (nSPS) is 16.7. The van der Waals surface area contributed by atoms with Crippen molar-refractivity contribution in [3.8, 4) is 5.75 Å². The van der Waals surface area contributed by atoms with Crippen molar-refractivity contribution in [1.82, 2.24) is 15.5 Å². The Balaban J connectivity index is 0.00000420. The first-order valence-corrected chi connectivity index (χ1v) is 11.0. The molecule has 1 unspecified atom stereocenters. The highest BCUT2D eigenvalue weighted by atomic mass is 127. The number of rotatable bonds is 9. The van der Waals surface area contributed by atoms with Crippen LogP contribution in [0.15, 0.2) is 34.2 Å². The summed E-state index contributed by atoms with van der Waals surface area (Å²) in [4.78, 5) is 8.04. The molecule has 0 saturated carbocycles. The van der Waals surface area contributed by atoms with Gasteiger partial charge in [0.1, 0.15) is 5.75 Å². The molecule has 1 saturated heterocycles. The summed E-state index contributed by atoms with van der Waals surface area (Å²) in [6, 6.07) is 8.17. The van der Waals surface area contributed by atoms with Crippen LogP contribution in [0.25, 0.3) is 0 Å². The zero-order valence-electron chi connectivity index (χ0n) is 18.4. The Labute approximate surface area is 197 Å². The molecular formula is C21H37IN4O2S. The largest absolute Gasteiger partial charge is 0.496 e. The monoisotopic (exact) mass is 536 g/mol. The minimum absolute atomic E-state index is 0. The number of guanidine groups is 1. The molecule has 0 aromatic heterocycles. The topological polar surface area (TPSA) is 58.1 Å². The molecule has 0 aliphatic carbocycles. The highest BCUT2D eigenvalue weighted by molar-refractivity contribution is 14.0. The van der Waals surface area contributed by atoms with Gasteiger partial charge in [-0.05, 0) is 31.9 Å². The molecule has 2 rings (SSSR count). The summed E-state index contributed by atoms with van der Waals surface area (Å²) in [5, 5.41) is 6.94. The summed E-state index contributed by atoms with van der Waals surface area (Å²) >= 11 is 1.83. The molecule has 1 atom stereocenters. The van der Waals surface area contributed by atoms with Gasteiger partial charge in [0.25, 0.3) is 0 Å². The molecule has 0 bridgehead atoms. The van der Waals surface area contributed by atoms with E-state index < -0.39 is 0 Å². The number of ether oxygens (including phenoxy) is 2. The zero-order valence-corrected chi connectivity index (χ0v) is 21.5. The molecule has 8 heteroatoms. The molecule has 0 spiro atoms. The first kappa shape index (κ1) is 26.3. The fraction of sp³-hybridized carbons (Fsp3) is 0.667. The molecule has 6 nitrogen and oxygen atoms in total. The highest BCUT2D eigenvalue weighted by Crippen LogP contribution is 2.29. The van der Waals surface area contributed by atoms with E-state index in [1.807, 2.05) is 30.9 Å². The van der Waals surface area contributed by atoms with Gasteiger partial charge in [0.2, 0.25) is 0 Å². The fourth-order valence-electron chi connectivity index (χ4n) is 3.10. The number of nitrogens with zero attached hydrogens (tertiary/aromatic N) is 2. The number of aliphatic imine (C=N–C) groups is 1. The summed E-state index contributed by atoms with van der Waals surface area (Å²) in [5.41, 5.74) is 0.0622. The van der Waals surface area contributed by atoms with Crippen molar-refractivity contribution in [2.24, 2.45) is 10.9 Å². The maximum Gasteiger partial charge on any atom is 0.191 e. The van der Waals surface area contributed by atoms with Gasteiger partial charge in [-0.15, -0.1) is 35.7 Å². The Morgan fingerprint density at radius 1 is 1.28 bits per heavy atom. The van der Waals surface area contributed by atoms with E-state index in [4.69, 9.17) is 9.47 Å². The lowest BCUT2D eigenvalue weighted by molar-refractivity contribution is -0.00834. The smallest absolute Gasteiger partial charge is 0.191 e. The van der Waals surface area contributed by atoms with E-state index in [-0.39, 0.29) is 29.5 Å². The average Bonchev–Trinajstić information content (AvgIpc) is 2.73. The maximum absolute atomic E-state index is 5.47. The molecule has 0 radical (unpaired) electrons. The second-order valence-corrected chi connectivity index (χ2v) is 8.85. The van der Waals surface area contributed by atoms with Crippen molar-refractivity contribution >= 4 is 41.7 Å². The zero-order chi connectivity index (χ0) is 20.4. The van der Waals surface area contributed by atoms with Crippen molar-refractivity contribution in [3.63, 3.8) is 0 Å². The minimum atomic E-state index is 0. The standard InChI is InChI=1S/C21H36N4O2S.HI/c1-17(15-28-19-9-7-6-8-18(19)26-5)14-23-20(22-4)24-16-21(2,3)25-10-12-27-13-11-25;/h6-9,17H,10-16H2,1-5H3,(H2,22,23,24);1H. The second kappa shape index (κ2) is 13.6. The molecule has 1 heterocycles. The number of hydrogen-bond acceptors (Lipinski definition) is 5. The van der Waals surface area contributed by atoms with Crippen LogP contribution >= 0.6 is 35.7 Å². The summed E-state index contributed by atoms with van der Waals surface area (Å²) in [6.07, 6.45) is 0. The van der Waals surface area contributed by atoms with Gasteiger partial charge in [0.15, 0.2) is 5.96 Å². The average molecular weight is 537 g/mol. The van der Waals surface area contributed by atoms with Crippen molar-refractivity contribution < 1.29 is 9.47 Å². The van der Waals surface area contributed by atoms with Gasteiger partial charge in [-0.1, -0.05) is 19.1 Å². The summed E-state index contributed by atoms with van der Waals surface area (Å²) in [5.74, 6) is 3.32. The van der Waals surface area contributed by atoms with Crippen LogP contribution in [0.2, 0.25) is 0 Å². The molecule has 1 fully saturated rings. The van der Waals surface area contributed by atoms with E-state index >= 15 is 0 Å². The van der Waals surface area contributed by atoms with Crippen molar-refractivity contribution in [1.29, 1.82) is 0 Å². The van der Waals surface area contributed by atoms with Crippen LogP contribution in [0.5, 0.6) is 5.75 Å². The third-order valence-corrected chi connectivity index (χ3v) is 6.37. The fourth-order valence-corrected chi connectivity index (χ4v) is 4.15. The number of benzene rings is 1. The van der Waals surface area contributed by atoms with Gasteiger partial charge < -0.3 is 20.1 Å². The van der Waals surface area contributed by atoms with Crippen molar-refractivity contribution in [3.05, 3.63) is 24.3 Å². The molecule has 1 aliphatic heterocycles. The first-order chi connectivity index (χ1) is 13.5. The number of morpholine rings is 1. The Morgan fingerprint density at radius 3 is 2.62 bits per heavy atom. The predicted molar refractivity (Wildman–Crippen MR) is 134 cm³/mol. The van der Waals surface area contributed by atoms with Crippen LogP contribution in [0.3, 0.4) is 0 Å². The van der Waals surface area contributed by atoms with Crippen LogP contribution in [0.4, 0.5) is 0 Å². The highest BCUT2D eigenvalue weighted by Gasteiger charge is 2.28. The summed E-state index contributed by atoms with van der Waals surface area (Å²) in [6.45, 7) is 12.1. The molecule has 0 amide bonds. The van der Waals surface area contributed by atoms with Crippen LogP contribution in [-0.4, -0.2) is 75.7 Å². The van der Waals surface area contributed by atoms with Gasteiger partial charge in [-0.3, -0.25) is 9.89 Å². The van der Waals surface area contributed by atoms with Crippen LogP contribution < -0.4 is 15.4 Å². The van der Waals surface area contributed by atoms with Gasteiger partial charge >= 0.3 is 0 Å². The number of para-hydroxylation sites is 1. The third kappa shape index (κ3) is 8.90. The lowest BCUT2D eigenvalue weighted by Gasteiger charge is -2.41. The number of hydrogen-bond donors (Lipinski definition) is 2. The van der Waals surface area contributed by atoms with Crippen LogP contribution in [-0.2, 0) is 4.74 Å². The lowest BCUT2D eigenvalue weighted by atomic mass is 10.0. The molecule has 1 aromatic carbocycles. The van der Waals surface area contributed by atoms with E-state index in [9.17, 15) is 0 Å². The van der Waals surface area contributed by atoms with E-state index in [0.29, 0.717) is 5.92 Å². The second-order valence-electron chi connectivity index (χ2n) is 7.79. The molecule has 1 aromatic rings. The Hall–Kier alpha value is -0.710. The van der Waals surface area contributed by atoms with E-state index in [1.54, 1.807) is 7.11 Å². The molecule has 166 valence electrons. The SMILES string of the molecule is CN=C(NCC(C)CSc1ccccc1OC)NCC(C)(C)N1CCOCC1.I. The number of thioether (sulfide) groups is 1. The molecular weight excluding hydrogens is 499 g/mol. The Morgan fingerprint density at radius 2 is 1.97 bits per heavy atom. The number of methoxy groups -OCH3 is 1. The van der Waals surface area contributed by atoms with E-state index in [1.165, 1.54) is 4.90 Å². The number of halogens is 1. The number of nitrogens with one attached hydrogen (secondary N) is 2. The lowest BCUT2D eigenvalue weighted by Crippen LogP contribution is -2.56. The quantitative estimate of drug-likeness (QED) is 0.219. The summed E-state index contributed by atoms with van der Waals surface area (Å²) < 4.78 is 10.9. The Bertz CT molecular complexity index is 624. The third-order valence-electron chi connectivity index (χ3n) is 4.99. The van der Waals surface area contributed by atoms with Gasteiger partial charge in [0.05, 0.1) is 20.3 Å². The maximum atomic E-state index is 5.47. The predicted octanol–water partition coefficient (Wildman–Crippen LogP) is 3.32. The molecule has 2 N–H and O–H groups in total. The van der Waals surface area contributed by atoms with Crippen LogP contribution in [0, 0.1) is 5.92 Å². The van der Waals surface area contributed by atoms with Crippen LogP contribution in [0.1, 0.15) is 20.8 Å². The van der Waals surface area contributed by atoms with Crippen molar-refractivity contribution in [2.75, 3.05) is 59.3 Å². The first-order valence-electron chi connectivity index (χ1n) is 9.99. The van der Waals surface area contributed by atoms with E-state index in [0.717, 1.165) is 56.9 Å². The minimum Gasteiger partial charge on any atom is -0.496 e. The van der Waals surface area contributed by atoms with E-state index in [2.05, 4.69) is 53.4 Å². The summed E-state index contributed by atoms with van der Waals surface area (Å²) in [7, 11) is 3.55. The molecule has 1 aliphatic rings. The Kier molecular flexibility index (Phi) is 12.3.